The molecule has 0 saturated heterocycles. The van der Waals surface area contributed by atoms with Crippen LogP contribution >= 0.6 is 0 Å². The Bertz CT molecular complexity index is 573. The molecule has 3 unspecified atom stereocenters. The fraction of sp³-hybridized carbons (Fsp3) is 0.476. The maximum absolute atomic E-state index is 11.3. The van der Waals surface area contributed by atoms with E-state index in [1.165, 1.54) is 24.5 Å². The molecule has 3 atom stereocenters. The maximum atomic E-state index is 11.3. The number of rotatable bonds is 3. The molecule has 0 aromatic heterocycles. The van der Waals surface area contributed by atoms with Crippen LogP contribution in [0.4, 0.5) is 0 Å². The van der Waals surface area contributed by atoms with Crippen LogP contribution in [0, 0.1) is 16.7 Å². The molecule has 2 fully saturated rings. The van der Waals surface area contributed by atoms with Crippen LogP contribution in [0.15, 0.2) is 49.6 Å². The summed E-state index contributed by atoms with van der Waals surface area (Å²) in [6.07, 6.45) is 6.69. The maximum Gasteiger partial charge on any atom is 0.330 e. The van der Waals surface area contributed by atoms with Gasteiger partial charge in [-0.25, -0.2) is 4.79 Å². The van der Waals surface area contributed by atoms with Crippen molar-refractivity contribution in [1.29, 1.82) is 0 Å². The Morgan fingerprint density at radius 1 is 1.22 bits per heavy atom. The van der Waals surface area contributed by atoms with E-state index in [1.54, 1.807) is 0 Å². The van der Waals surface area contributed by atoms with Crippen LogP contribution < -0.4 is 0 Å². The van der Waals surface area contributed by atoms with Gasteiger partial charge in [0.15, 0.2) is 0 Å². The first kappa shape index (κ1) is 17.5. The zero-order valence-corrected chi connectivity index (χ0v) is 14.5. The minimum absolute atomic E-state index is 0.0942. The molecule has 124 valence electrons. The average molecular weight is 312 g/mol. The zero-order chi connectivity index (χ0) is 17.1. The average Bonchev–Trinajstić information content (AvgIpc) is 2.89. The first-order chi connectivity index (χ1) is 10.8. The molecule has 2 aliphatic carbocycles. The third-order valence-corrected chi connectivity index (χ3v) is 6.17. The molecule has 23 heavy (non-hydrogen) atoms. The summed E-state index contributed by atoms with van der Waals surface area (Å²) in [5.74, 6) is 0.440. The number of fused-ring (bicyclic) bond motifs is 2. The molecule has 0 radical (unpaired) electrons. The molecular formula is C21H28O2. The second-order valence-corrected chi connectivity index (χ2v) is 7.35. The Labute approximate surface area is 140 Å². The van der Waals surface area contributed by atoms with Gasteiger partial charge >= 0.3 is 5.97 Å². The van der Waals surface area contributed by atoms with E-state index in [9.17, 15) is 4.79 Å². The Hall–Kier alpha value is -1.83. The highest BCUT2D eigenvalue weighted by atomic mass is 16.5. The molecular weight excluding hydrogens is 284 g/mol. The van der Waals surface area contributed by atoms with Crippen LogP contribution in [0.5, 0.6) is 0 Å². The topological polar surface area (TPSA) is 26.3 Å². The first-order valence-corrected chi connectivity index (χ1v) is 8.35. The van der Waals surface area contributed by atoms with Gasteiger partial charge in [-0.05, 0) is 36.2 Å². The number of benzene rings is 1. The van der Waals surface area contributed by atoms with E-state index < -0.39 is 0 Å². The van der Waals surface area contributed by atoms with Gasteiger partial charge in [-0.3, -0.25) is 0 Å². The predicted octanol–water partition coefficient (Wildman–Crippen LogP) is 5.26. The van der Waals surface area contributed by atoms with E-state index in [0.29, 0.717) is 11.3 Å². The summed E-state index contributed by atoms with van der Waals surface area (Å²) in [5.41, 5.74) is 1.64. The first-order valence-electron chi connectivity index (χ1n) is 8.35. The molecule has 1 aromatic carbocycles. The lowest BCUT2D eigenvalue weighted by atomic mass is 9.70. The summed E-state index contributed by atoms with van der Waals surface area (Å²) in [4.78, 5) is 11.3. The molecule has 3 rings (SSSR count). The van der Waals surface area contributed by atoms with Crippen molar-refractivity contribution >= 4 is 12.0 Å². The summed E-state index contributed by atoms with van der Waals surface area (Å²) < 4.78 is 5.48. The number of ether oxygens (including phenoxy) is 1. The zero-order valence-electron chi connectivity index (χ0n) is 14.5. The minimum Gasteiger partial charge on any atom is -0.459 e. The number of carbonyl (C=O) groups excluding carboxylic acids is 1. The lowest BCUT2D eigenvalue weighted by Crippen LogP contribution is -2.38. The Kier molecular flexibility index (Phi) is 5.13. The summed E-state index contributed by atoms with van der Waals surface area (Å²) in [6.45, 7) is 14.0. The van der Waals surface area contributed by atoms with Crippen molar-refractivity contribution in [3.63, 3.8) is 0 Å². The van der Waals surface area contributed by atoms with Gasteiger partial charge in [-0.1, -0.05) is 70.3 Å². The van der Waals surface area contributed by atoms with Crippen LogP contribution in [0.2, 0.25) is 0 Å². The number of carbonyl (C=O) groups is 1. The fourth-order valence-electron chi connectivity index (χ4n) is 4.09. The van der Waals surface area contributed by atoms with Crippen molar-refractivity contribution in [2.45, 2.75) is 46.1 Å². The number of esters is 1. The standard InChI is InChI=1S/C13H20O2.C8H8/c1-5-11(14)15-10-8-9-6-7-13(10,4)12(9,2)3;1-2-8-6-4-3-5-7-8/h5,9-10H,1,6-8H2,2-4H3;2-7H,1H2. The van der Waals surface area contributed by atoms with Gasteiger partial charge in [-0.2, -0.15) is 0 Å². The predicted molar refractivity (Wildman–Crippen MR) is 95.8 cm³/mol. The highest BCUT2D eigenvalue weighted by molar-refractivity contribution is 5.81. The Morgan fingerprint density at radius 2 is 1.87 bits per heavy atom. The van der Waals surface area contributed by atoms with E-state index in [2.05, 4.69) is 33.9 Å². The SMILES string of the molecule is C=CC(=O)OC1CC2CCC1(C)C2(C)C.C=Cc1ccccc1. The number of hydrogen-bond donors (Lipinski definition) is 0. The quantitative estimate of drug-likeness (QED) is 0.562. The molecule has 0 heterocycles. The monoisotopic (exact) mass is 312 g/mol. The second kappa shape index (κ2) is 6.74. The van der Waals surface area contributed by atoms with Crippen molar-refractivity contribution in [3.8, 4) is 0 Å². The van der Waals surface area contributed by atoms with Crippen molar-refractivity contribution < 1.29 is 9.53 Å². The summed E-state index contributed by atoms with van der Waals surface area (Å²) >= 11 is 0. The van der Waals surface area contributed by atoms with E-state index in [0.717, 1.165) is 6.42 Å². The van der Waals surface area contributed by atoms with Gasteiger partial charge in [0.1, 0.15) is 6.10 Å². The largest absolute Gasteiger partial charge is 0.459 e. The van der Waals surface area contributed by atoms with Crippen molar-refractivity contribution in [1.82, 2.24) is 0 Å². The lowest BCUT2D eigenvalue weighted by molar-refractivity contribution is -0.150. The van der Waals surface area contributed by atoms with Crippen LogP contribution in [0.3, 0.4) is 0 Å². The fourth-order valence-corrected chi connectivity index (χ4v) is 4.09. The minimum atomic E-state index is -0.274. The lowest BCUT2D eigenvalue weighted by Gasteiger charge is -2.38. The van der Waals surface area contributed by atoms with Gasteiger partial charge in [0.25, 0.3) is 0 Å². The Balaban J connectivity index is 0.000000203. The summed E-state index contributed by atoms with van der Waals surface area (Å²) in [5, 5.41) is 0. The van der Waals surface area contributed by atoms with Crippen molar-refractivity contribution in [2.24, 2.45) is 16.7 Å². The van der Waals surface area contributed by atoms with Crippen molar-refractivity contribution in [3.05, 3.63) is 55.1 Å². The molecule has 2 nitrogen and oxygen atoms in total. The highest BCUT2D eigenvalue weighted by Gasteiger charge is 2.62. The van der Waals surface area contributed by atoms with Crippen LogP contribution in [0.25, 0.3) is 6.08 Å². The van der Waals surface area contributed by atoms with E-state index in [1.807, 2.05) is 36.4 Å². The Morgan fingerprint density at radius 3 is 2.26 bits per heavy atom. The molecule has 2 bridgehead atoms. The third-order valence-electron chi connectivity index (χ3n) is 6.17. The van der Waals surface area contributed by atoms with Gasteiger partial charge < -0.3 is 4.74 Å². The normalized spacial score (nSPS) is 30.0. The summed E-state index contributed by atoms with van der Waals surface area (Å²) in [6, 6.07) is 10.0. The van der Waals surface area contributed by atoms with Crippen LogP contribution in [0.1, 0.15) is 45.6 Å². The van der Waals surface area contributed by atoms with E-state index >= 15 is 0 Å². The molecule has 0 aliphatic heterocycles. The van der Waals surface area contributed by atoms with Gasteiger partial charge in [0, 0.05) is 11.5 Å². The molecule has 2 heteroatoms. The smallest absolute Gasteiger partial charge is 0.330 e. The molecule has 1 aromatic rings. The van der Waals surface area contributed by atoms with Crippen LogP contribution in [-0.2, 0) is 9.53 Å². The highest BCUT2D eigenvalue weighted by Crippen LogP contribution is 2.66. The third kappa shape index (κ3) is 3.26. The number of hydrogen-bond acceptors (Lipinski definition) is 2. The van der Waals surface area contributed by atoms with Gasteiger partial charge in [0.05, 0.1) is 0 Å². The molecule has 2 saturated carbocycles. The van der Waals surface area contributed by atoms with Crippen molar-refractivity contribution in [2.75, 3.05) is 0 Å². The van der Waals surface area contributed by atoms with Gasteiger partial charge in [-0.15, -0.1) is 0 Å². The second-order valence-electron chi connectivity index (χ2n) is 7.35. The molecule has 0 amide bonds. The van der Waals surface area contributed by atoms with E-state index in [4.69, 9.17) is 4.74 Å². The van der Waals surface area contributed by atoms with Crippen LogP contribution in [-0.4, -0.2) is 12.1 Å². The molecule has 2 aliphatic rings. The van der Waals surface area contributed by atoms with E-state index in [-0.39, 0.29) is 17.5 Å². The molecule has 0 N–H and O–H groups in total. The molecule has 0 spiro atoms. The van der Waals surface area contributed by atoms with Gasteiger partial charge in [0.2, 0.25) is 0 Å². The summed E-state index contributed by atoms with van der Waals surface area (Å²) in [7, 11) is 0.